The van der Waals surface area contributed by atoms with Crippen molar-refractivity contribution in [3.63, 3.8) is 0 Å². The number of benzene rings is 1. The van der Waals surface area contributed by atoms with Gasteiger partial charge >= 0.3 is 0 Å². The van der Waals surface area contributed by atoms with E-state index in [1.54, 1.807) is 18.6 Å². The maximum atomic E-state index is 10.2. The van der Waals surface area contributed by atoms with Crippen LogP contribution in [0.4, 0.5) is 0 Å². The van der Waals surface area contributed by atoms with Crippen LogP contribution in [0.2, 0.25) is 0 Å². The summed E-state index contributed by atoms with van der Waals surface area (Å²) in [7, 11) is 0. The van der Waals surface area contributed by atoms with E-state index in [9.17, 15) is 5.11 Å². The average Bonchev–Trinajstić information content (AvgIpc) is 2.33. The van der Waals surface area contributed by atoms with E-state index in [0.717, 1.165) is 15.6 Å². The molecule has 1 heterocycles. The van der Waals surface area contributed by atoms with Crippen molar-refractivity contribution in [2.24, 2.45) is 0 Å². The highest BCUT2D eigenvalue weighted by atomic mass is 79.9. The fraction of sp³-hybridized carbons (Fsp3) is 0.167. The van der Waals surface area contributed by atoms with Gasteiger partial charge in [0.1, 0.15) is 6.10 Å². The Morgan fingerprint density at radius 1 is 1.31 bits per heavy atom. The van der Waals surface area contributed by atoms with E-state index in [1.165, 1.54) is 0 Å². The van der Waals surface area contributed by atoms with Gasteiger partial charge in [-0.15, -0.1) is 0 Å². The molecule has 2 rings (SSSR count). The maximum Gasteiger partial charge on any atom is 0.124 e. The fourth-order valence-corrected chi connectivity index (χ4v) is 1.97. The van der Waals surface area contributed by atoms with Gasteiger partial charge in [-0.3, -0.25) is 9.97 Å². The number of aryl methyl sites for hydroxylation is 1. The third kappa shape index (κ3) is 2.13. The third-order valence-electron chi connectivity index (χ3n) is 2.38. The van der Waals surface area contributed by atoms with Crippen molar-refractivity contribution < 1.29 is 5.11 Å². The van der Waals surface area contributed by atoms with Crippen molar-refractivity contribution in [2.75, 3.05) is 0 Å². The third-order valence-corrected chi connectivity index (χ3v) is 3.46. The van der Waals surface area contributed by atoms with Crippen LogP contribution in [0.15, 0.2) is 41.3 Å². The smallest absolute Gasteiger partial charge is 0.124 e. The zero-order chi connectivity index (χ0) is 11.5. The maximum absolute atomic E-state index is 10.2. The minimum Gasteiger partial charge on any atom is -0.382 e. The quantitative estimate of drug-likeness (QED) is 0.919. The molecule has 4 heteroatoms. The molecule has 0 saturated carbocycles. The Bertz CT molecular complexity index is 488. The van der Waals surface area contributed by atoms with Crippen LogP contribution in [0.1, 0.15) is 22.9 Å². The van der Waals surface area contributed by atoms with Gasteiger partial charge in [-0.05, 0) is 12.5 Å². The summed E-state index contributed by atoms with van der Waals surface area (Å²) in [6.07, 6.45) is 3.98. The van der Waals surface area contributed by atoms with E-state index in [1.807, 2.05) is 25.1 Å². The topological polar surface area (TPSA) is 46.0 Å². The molecular formula is C12H11BrN2O. The van der Waals surface area contributed by atoms with Crippen LogP contribution in [0.3, 0.4) is 0 Å². The minimum absolute atomic E-state index is 0.550. The van der Waals surface area contributed by atoms with Crippen molar-refractivity contribution in [3.05, 3.63) is 58.1 Å². The lowest BCUT2D eigenvalue weighted by Crippen LogP contribution is -2.04. The summed E-state index contributed by atoms with van der Waals surface area (Å²) in [5.74, 6) is 0. The number of nitrogens with zero attached hydrogens (tertiary/aromatic N) is 2. The van der Waals surface area contributed by atoms with Crippen LogP contribution in [-0.4, -0.2) is 15.1 Å². The molecule has 0 bridgehead atoms. The zero-order valence-corrected chi connectivity index (χ0v) is 10.3. The van der Waals surface area contributed by atoms with Gasteiger partial charge in [0.15, 0.2) is 0 Å². The highest BCUT2D eigenvalue weighted by Crippen LogP contribution is 2.29. The number of aliphatic hydroxyl groups is 1. The van der Waals surface area contributed by atoms with E-state index >= 15 is 0 Å². The van der Waals surface area contributed by atoms with Crippen molar-refractivity contribution in [1.29, 1.82) is 0 Å². The molecule has 0 amide bonds. The van der Waals surface area contributed by atoms with Crippen molar-refractivity contribution in [1.82, 2.24) is 9.97 Å². The van der Waals surface area contributed by atoms with Crippen LogP contribution in [0.25, 0.3) is 0 Å². The first-order valence-corrected chi connectivity index (χ1v) is 5.68. The first-order chi connectivity index (χ1) is 7.70. The lowest BCUT2D eigenvalue weighted by Gasteiger charge is -2.13. The van der Waals surface area contributed by atoms with Crippen LogP contribution < -0.4 is 0 Å². The average molecular weight is 279 g/mol. The Labute approximate surface area is 102 Å². The van der Waals surface area contributed by atoms with Gasteiger partial charge in [-0.25, -0.2) is 0 Å². The van der Waals surface area contributed by atoms with Gasteiger partial charge in [-0.1, -0.05) is 34.1 Å². The zero-order valence-electron chi connectivity index (χ0n) is 8.76. The van der Waals surface area contributed by atoms with Gasteiger partial charge in [0.05, 0.1) is 11.9 Å². The molecule has 0 fully saturated rings. The molecule has 0 aliphatic rings. The van der Waals surface area contributed by atoms with Gasteiger partial charge < -0.3 is 5.11 Å². The second-order valence-corrected chi connectivity index (χ2v) is 4.30. The van der Waals surface area contributed by atoms with E-state index in [4.69, 9.17) is 0 Å². The molecule has 1 aromatic carbocycles. The lowest BCUT2D eigenvalue weighted by molar-refractivity contribution is 0.214. The normalized spacial score (nSPS) is 12.4. The molecule has 2 aromatic rings. The molecule has 82 valence electrons. The predicted molar refractivity (Wildman–Crippen MR) is 65.0 cm³/mol. The van der Waals surface area contributed by atoms with Crippen molar-refractivity contribution in [3.8, 4) is 0 Å². The number of hydrogen-bond acceptors (Lipinski definition) is 3. The van der Waals surface area contributed by atoms with Crippen LogP contribution >= 0.6 is 15.9 Å². The summed E-state index contributed by atoms with van der Waals surface area (Å²) >= 11 is 3.47. The molecule has 1 N–H and O–H groups in total. The summed E-state index contributed by atoms with van der Waals surface area (Å²) in [5.41, 5.74) is 2.44. The summed E-state index contributed by atoms with van der Waals surface area (Å²) in [6, 6.07) is 5.77. The number of aliphatic hydroxyl groups excluding tert-OH is 1. The number of aromatic nitrogens is 2. The molecule has 0 spiro atoms. The molecule has 0 aliphatic heterocycles. The van der Waals surface area contributed by atoms with Crippen molar-refractivity contribution >= 4 is 15.9 Å². The first-order valence-electron chi connectivity index (χ1n) is 4.89. The molecule has 1 aromatic heterocycles. The molecule has 16 heavy (non-hydrogen) atoms. The predicted octanol–water partition coefficient (Wildman–Crippen LogP) is 2.63. The standard InChI is InChI=1S/C12H11BrN2O/c1-8-3-2-4-9(11(8)13)12(16)10-7-14-5-6-15-10/h2-7,12,16H,1H3. The summed E-state index contributed by atoms with van der Waals surface area (Å²) in [5, 5.41) is 10.2. The van der Waals surface area contributed by atoms with Gasteiger partial charge in [0, 0.05) is 22.4 Å². The molecule has 3 nitrogen and oxygen atoms in total. The molecule has 0 saturated heterocycles. The summed E-state index contributed by atoms with van der Waals surface area (Å²) in [4.78, 5) is 8.04. The summed E-state index contributed by atoms with van der Waals surface area (Å²) in [6.45, 7) is 1.98. The molecule has 1 unspecified atom stereocenters. The Morgan fingerprint density at radius 2 is 2.12 bits per heavy atom. The molecular weight excluding hydrogens is 268 g/mol. The number of hydrogen-bond donors (Lipinski definition) is 1. The Kier molecular flexibility index (Phi) is 3.31. The SMILES string of the molecule is Cc1cccc(C(O)c2cnccn2)c1Br. The summed E-state index contributed by atoms with van der Waals surface area (Å²) < 4.78 is 0.910. The number of rotatable bonds is 2. The Hall–Kier alpha value is -1.26. The van der Waals surface area contributed by atoms with Gasteiger partial charge in [0.25, 0.3) is 0 Å². The highest BCUT2D eigenvalue weighted by Gasteiger charge is 2.15. The minimum atomic E-state index is -0.747. The number of halogens is 1. The Balaban J connectivity index is 2.42. The first kappa shape index (κ1) is 11.2. The van der Waals surface area contributed by atoms with Crippen LogP contribution in [-0.2, 0) is 0 Å². The molecule has 0 radical (unpaired) electrons. The Morgan fingerprint density at radius 3 is 2.81 bits per heavy atom. The lowest BCUT2D eigenvalue weighted by atomic mass is 10.0. The molecule has 1 atom stereocenters. The van der Waals surface area contributed by atoms with E-state index in [0.29, 0.717) is 5.69 Å². The van der Waals surface area contributed by atoms with E-state index < -0.39 is 6.10 Å². The highest BCUT2D eigenvalue weighted by molar-refractivity contribution is 9.10. The second-order valence-electron chi connectivity index (χ2n) is 3.51. The van der Waals surface area contributed by atoms with E-state index in [-0.39, 0.29) is 0 Å². The van der Waals surface area contributed by atoms with Crippen LogP contribution in [0, 0.1) is 6.92 Å². The van der Waals surface area contributed by atoms with Gasteiger partial charge in [-0.2, -0.15) is 0 Å². The van der Waals surface area contributed by atoms with Crippen LogP contribution in [0.5, 0.6) is 0 Å². The van der Waals surface area contributed by atoms with Crippen molar-refractivity contribution in [2.45, 2.75) is 13.0 Å². The second kappa shape index (κ2) is 4.72. The van der Waals surface area contributed by atoms with Gasteiger partial charge in [0.2, 0.25) is 0 Å². The monoisotopic (exact) mass is 278 g/mol. The molecule has 0 aliphatic carbocycles. The van der Waals surface area contributed by atoms with E-state index in [2.05, 4.69) is 25.9 Å². The largest absolute Gasteiger partial charge is 0.382 e. The fourth-order valence-electron chi connectivity index (χ4n) is 1.49.